The molecule has 1 saturated heterocycles. The van der Waals surface area contributed by atoms with Crippen LogP contribution in [0.15, 0.2) is 18.5 Å². The predicted molar refractivity (Wildman–Crippen MR) is 98.3 cm³/mol. The van der Waals surface area contributed by atoms with Gasteiger partial charge in [0, 0.05) is 51.8 Å². The van der Waals surface area contributed by atoms with Crippen LogP contribution in [0.4, 0.5) is 10.5 Å². The molecule has 0 spiro atoms. The predicted octanol–water partition coefficient (Wildman–Crippen LogP) is 1.88. The van der Waals surface area contributed by atoms with Gasteiger partial charge in [-0.25, -0.2) is 4.79 Å². The molecule has 2 N–H and O–H groups in total. The molecule has 26 heavy (non-hydrogen) atoms. The molecule has 2 rings (SSSR count). The third kappa shape index (κ3) is 6.18. The number of hydrogen-bond donors (Lipinski definition) is 2. The van der Waals surface area contributed by atoms with Crippen molar-refractivity contribution in [2.45, 2.75) is 32.2 Å². The van der Waals surface area contributed by atoms with Gasteiger partial charge < -0.3 is 25.0 Å². The molecule has 2 amide bonds. The minimum atomic E-state index is -0.250. The molecule has 0 saturated carbocycles. The van der Waals surface area contributed by atoms with E-state index in [0.29, 0.717) is 38.4 Å². The Morgan fingerprint density at radius 1 is 1.31 bits per heavy atom. The second kappa shape index (κ2) is 10.6. The first-order valence-corrected chi connectivity index (χ1v) is 9.04. The average molecular weight is 364 g/mol. The molecule has 0 unspecified atom stereocenters. The Labute approximate surface area is 154 Å². The van der Waals surface area contributed by atoms with Crippen LogP contribution in [0.3, 0.4) is 0 Å². The van der Waals surface area contributed by atoms with Crippen LogP contribution < -0.4 is 10.6 Å². The Morgan fingerprint density at radius 2 is 2.08 bits per heavy atom. The van der Waals surface area contributed by atoms with Gasteiger partial charge in [0.2, 0.25) is 0 Å². The highest BCUT2D eigenvalue weighted by Crippen LogP contribution is 2.17. The minimum Gasteiger partial charge on any atom is -0.450 e. The lowest BCUT2D eigenvalue weighted by Crippen LogP contribution is -2.42. The molecule has 2 heterocycles. The van der Waals surface area contributed by atoms with Crippen molar-refractivity contribution in [3.63, 3.8) is 0 Å². The number of anilines is 1. The zero-order valence-electron chi connectivity index (χ0n) is 15.5. The van der Waals surface area contributed by atoms with Crippen molar-refractivity contribution in [3.8, 4) is 0 Å². The second-order valence-electron chi connectivity index (χ2n) is 6.17. The Morgan fingerprint density at radius 3 is 2.77 bits per heavy atom. The number of aromatic nitrogens is 1. The fraction of sp³-hybridized carbons (Fsp3) is 0.611. The van der Waals surface area contributed by atoms with Crippen LogP contribution in [0.2, 0.25) is 0 Å². The average Bonchev–Trinajstić information content (AvgIpc) is 2.66. The number of rotatable bonds is 8. The van der Waals surface area contributed by atoms with E-state index in [1.165, 1.54) is 0 Å². The number of piperidine rings is 1. The van der Waals surface area contributed by atoms with Gasteiger partial charge >= 0.3 is 6.09 Å². The van der Waals surface area contributed by atoms with Gasteiger partial charge in [-0.15, -0.1) is 0 Å². The molecule has 0 aliphatic carbocycles. The topological polar surface area (TPSA) is 92.8 Å². The summed E-state index contributed by atoms with van der Waals surface area (Å²) in [6.45, 7) is 4.69. The first kappa shape index (κ1) is 20.0. The van der Waals surface area contributed by atoms with Gasteiger partial charge in [-0.3, -0.25) is 9.78 Å². The molecule has 144 valence electrons. The summed E-state index contributed by atoms with van der Waals surface area (Å²) in [5, 5.41) is 6.25. The van der Waals surface area contributed by atoms with E-state index in [0.717, 1.165) is 24.9 Å². The van der Waals surface area contributed by atoms with E-state index in [4.69, 9.17) is 9.47 Å². The van der Waals surface area contributed by atoms with Crippen LogP contribution >= 0.6 is 0 Å². The largest absolute Gasteiger partial charge is 0.450 e. The monoisotopic (exact) mass is 364 g/mol. The summed E-state index contributed by atoms with van der Waals surface area (Å²) in [5.74, 6) is -0.144. The number of likely N-dealkylation sites (tertiary alicyclic amines) is 1. The van der Waals surface area contributed by atoms with E-state index in [-0.39, 0.29) is 18.0 Å². The van der Waals surface area contributed by atoms with E-state index in [1.54, 1.807) is 37.4 Å². The number of nitrogens with one attached hydrogen (secondary N) is 2. The molecule has 8 heteroatoms. The molecule has 1 aliphatic rings. The van der Waals surface area contributed by atoms with E-state index in [2.05, 4.69) is 15.6 Å². The standard InChI is InChI=1S/C18H28N4O4/c1-3-26-18(24)22-8-5-15(6-9-22)21-16-11-14(12-19-13-16)17(23)20-7-4-10-25-2/h11-13,15,21H,3-10H2,1-2H3,(H,20,23). The number of nitrogens with zero attached hydrogens (tertiary/aromatic N) is 2. The number of methoxy groups -OCH3 is 1. The molecule has 1 aromatic heterocycles. The Balaban J connectivity index is 1.81. The van der Waals surface area contributed by atoms with Crippen LogP contribution in [0, 0.1) is 0 Å². The van der Waals surface area contributed by atoms with E-state index in [1.807, 2.05) is 0 Å². The Bertz CT molecular complexity index is 588. The number of pyridine rings is 1. The number of carbonyl (C=O) groups is 2. The van der Waals surface area contributed by atoms with Crippen LogP contribution in [-0.4, -0.2) is 67.9 Å². The molecular formula is C18H28N4O4. The third-order valence-electron chi connectivity index (χ3n) is 4.20. The summed E-state index contributed by atoms with van der Waals surface area (Å²) < 4.78 is 9.99. The lowest BCUT2D eigenvalue weighted by atomic mass is 10.1. The SMILES string of the molecule is CCOC(=O)N1CCC(Nc2cncc(C(=O)NCCCOC)c2)CC1. The number of ether oxygens (including phenoxy) is 2. The first-order chi connectivity index (χ1) is 12.6. The summed E-state index contributed by atoms with van der Waals surface area (Å²) in [6.07, 6.45) is 5.44. The van der Waals surface area contributed by atoms with Crippen molar-refractivity contribution in [1.29, 1.82) is 0 Å². The Kier molecular flexibility index (Phi) is 8.14. The molecule has 1 aliphatic heterocycles. The van der Waals surface area contributed by atoms with E-state index >= 15 is 0 Å². The van der Waals surface area contributed by atoms with Gasteiger partial charge in [0.1, 0.15) is 0 Å². The van der Waals surface area contributed by atoms with Gasteiger partial charge in [-0.1, -0.05) is 0 Å². The Hall–Kier alpha value is -2.35. The third-order valence-corrected chi connectivity index (χ3v) is 4.20. The number of carbonyl (C=O) groups excluding carboxylic acids is 2. The molecule has 1 aromatic rings. The smallest absolute Gasteiger partial charge is 0.409 e. The minimum absolute atomic E-state index is 0.144. The normalized spacial score (nSPS) is 14.8. The van der Waals surface area contributed by atoms with Crippen LogP contribution in [0.25, 0.3) is 0 Å². The zero-order valence-corrected chi connectivity index (χ0v) is 15.5. The maximum absolute atomic E-state index is 12.2. The molecule has 0 bridgehead atoms. The van der Waals surface area contributed by atoms with E-state index in [9.17, 15) is 9.59 Å². The first-order valence-electron chi connectivity index (χ1n) is 9.04. The van der Waals surface area contributed by atoms with Crippen molar-refractivity contribution in [3.05, 3.63) is 24.0 Å². The van der Waals surface area contributed by atoms with Crippen molar-refractivity contribution in [1.82, 2.24) is 15.2 Å². The fourth-order valence-electron chi connectivity index (χ4n) is 2.82. The maximum Gasteiger partial charge on any atom is 0.409 e. The summed E-state index contributed by atoms with van der Waals surface area (Å²) in [6, 6.07) is 2.04. The zero-order chi connectivity index (χ0) is 18.8. The highest BCUT2D eigenvalue weighted by molar-refractivity contribution is 5.94. The van der Waals surface area contributed by atoms with Crippen molar-refractivity contribution in [2.75, 3.05) is 45.3 Å². The number of hydrogen-bond acceptors (Lipinski definition) is 6. The van der Waals surface area contributed by atoms with Crippen LogP contribution in [0.5, 0.6) is 0 Å². The molecule has 0 atom stereocenters. The fourth-order valence-corrected chi connectivity index (χ4v) is 2.82. The lowest BCUT2D eigenvalue weighted by molar-refractivity contribution is 0.0945. The highest BCUT2D eigenvalue weighted by atomic mass is 16.6. The molecule has 8 nitrogen and oxygen atoms in total. The second-order valence-corrected chi connectivity index (χ2v) is 6.17. The van der Waals surface area contributed by atoms with Gasteiger partial charge in [-0.05, 0) is 32.3 Å². The van der Waals surface area contributed by atoms with Gasteiger partial charge in [0.05, 0.1) is 17.9 Å². The molecule has 0 radical (unpaired) electrons. The molecule has 1 fully saturated rings. The van der Waals surface area contributed by atoms with Gasteiger partial charge in [0.15, 0.2) is 0 Å². The summed E-state index contributed by atoms with van der Waals surface area (Å²) in [4.78, 5) is 29.8. The van der Waals surface area contributed by atoms with Gasteiger partial charge in [-0.2, -0.15) is 0 Å². The highest BCUT2D eigenvalue weighted by Gasteiger charge is 2.23. The van der Waals surface area contributed by atoms with Crippen molar-refractivity contribution < 1.29 is 19.1 Å². The quantitative estimate of drug-likeness (QED) is 0.684. The summed E-state index contributed by atoms with van der Waals surface area (Å²) in [5.41, 5.74) is 1.33. The van der Waals surface area contributed by atoms with Gasteiger partial charge in [0.25, 0.3) is 5.91 Å². The maximum atomic E-state index is 12.2. The van der Waals surface area contributed by atoms with Crippen molar-refractivity contribution >= 4 is 17.7 Å². The number of amides is 2. The van der Waals surface area contributed by atoms with Crippen LogP contribution in [0.1, 0.15) is 36.5 Å². The molecule has 0 aromatic carbocycles. The summed E-state index contributed by atoms with van der Waals surface area (Å²) in [7, 11) is 1.64. The summed E-state index contributed by atoms with van der Waals surface area (Å²) >= 11 is 0. The van der Waals surface area contributed by atoms with Crippen LogP contribution in [-0.2, 0) is 9.47 Å². The lowest BCUT2D eigenvalue weighted by Gasteiger charge is -2.32. The van der Waals surface area contributed by atoms with E-state index < -0.39 is 0 Å². The molecular weight excluding hydrogens is 336 g/mol. The van der Waals surface area contributed by atoms with Crippen molar-refractivity contribution in [2.24, 2.45) is 0 Å².